The van der Waals surface area contributed by atoms with Gasteiger partial charge in [0.25, 0.3) is 0 Å². The van der Waals surface area contributed by atoms with E-state index in [1.807, 2.05) is 36.0 Å². The van der Waals surface area contributed by atoms with Crippen molar-refractivity contribution >= 4 is 46.4 Å². The molecule has 0 atom stereocenters. The van der Waals surface area contributed by atoms with Crippen molar-refractivity contribution in [2.45, 2.75) is 6.42 Å². The number of para-hydroxylation sites is 1. The van der Waals surface area contributed by atoms with Crippen LogP contribution in [0.1, 0.15) is 6.42 Å². The van der Waals surface area contributed by atoms with Crippen LogP contribution in [0.25, 0.3) is 0 Å². The fourth-order valence-corrected chi connectivity index (χ4v) is 1.98. The fraction of sp³-hybridized carbons (Fsp3) is 0.364. The van der Waals surface area contributed by atoms with Gasteiger partial charge in [-0.05, 0) is 42.8 Å². The van der Waals surface area contributed by atoms with Crippen molar-refractivity contribution in [3.8, 4) is 0 Å². The van der Waals surface area contributed by atoms with E-state index < -0.39 is 0 Å². The molecule has 0 saturated carbocycles. The molecule has 0 aliphatic heterocycles. The molecular weight excluding hydrogens is 260 g/mol. The number of hydrogen-bond acceptors (Lipinski definition) is 2. The molecule has 0 radical (unpaired) electrons. The monoisotopic (exact) mass is 274 g/mol. The zero-order valence-corrected chi connectivity index (χ0v) is 11.5. The van der Waals surface area contributed by atoms with E-state index in [1.165, 1.54) is 0 Å². The van der Waals surface area contributed by atoms with Gasteiger partial charge >= 0.3 is 0 Å². The number of anilines is 1. The van der Waals surface area contributed by atoms with Gasteiger partial charge in [-0.3, -0.25) is 0 Å². The highest BCUT2D eigenvalue weighted by atomic mass is 35.5. The van der Waals surface area contributed by atoms with E-state index in [4.69, 9.17) is 23.8 Å². The van der Waals surface area contributed by atoms with Crippen molar-refractivity contribution < 1.29 is 0 Å². The lowest BCUT2D eigenvalue weighted by molar-refractivity contribution is 0.855. The molecule has 2 N–H and O–H groups in total. The van der Waals surface area contributed by atoms with Crippen LogP contribution in [0.3, 0.4) is 0 Å². The molecule has 0 aliphatic carbocycles. The summed E-state index contributed by atoms with van der Waals surface area (Å²) in [6, 6.07) is 7.55. The highest BCUT2D eigenvalue weighted by molar-refractivity contribution is 7.98. The Labute approximate surface area is 111 Å². The molecule has 5 heteroatoms. The first-order chi connectivity index (χ1) is 7.74. The smallest absolute Gasteiger partial charge is 0.170 e. The van der Waals surface area contributed by atoms with E-state index in [0.29, 0.717) is 10.1 Å². The molecule has 0 aliphatic rings. The predicted octanol–water partition coefficient (Wildman–Crippen LogP) is 3.38. The van der Waals surface area contributed by atoms with E-state index in [0.717, 1.165) is 24.4 Å². The quantitative estimate of drug-likeness (QED) is 0.635. The van der Waals surface area contributed by atoms with Gasteiger partial charge in [-0.15, -0.1) is 0 Å². The maximum atomic E-state index is 6.00. The fourth-order valence-electron chi connectivity index (χ4n) is 1.15. The maximum absolute atomic E-state index is 6.00. The Morgan fingerprint density at radius 1 is 1.44 bits per heavy atom. The summed E-state index contributed by atoms with van der Waals surface area (Å²) in [5, 5.41) is 7.51. The Hall–Kier alpha value is -0.450. The molecule has 1 aromatic carbocycles. The second-order valence-electron chi connectivity index (χ2n) is 3.21. The van der Waals surface area contributed by atoms with Crippen LogP contribution in [0.15, 0.2) is 24.3 Å². The third-order valence-corrected chi connectivity index (χ3v) is 3.21. The van der Waals surface area contributed by atoms with Gasteiger partial charge in [0.15, 0.2) is 5.11 Å². The number of thioether (sulfide) groups is 1. The Morgan fingerprint density at radius 2 is 2.19 bits per heavy atom. The molecule has 16 heavy (non-hydrogen) atoms. The summed E-state index contributed by atoms with van der Waals surface area (Å²) in [5.74, 6) is 1.14. The zero-order chi connectivity index (χ0) is 11.8. The molecule has 1 aromatic rings. The molecule has 1 rings (SSSR count). The van der Waals surface area contributed by atoms with Crippen LogP contribution in [0.5, 0.6) is 0 Å². The van der Waals surface area contributed by atoms with E-state index in [2.05, 4.69) is 16.9 Å². The molecule has 0 amide bonds. The first kappa shape index (κ1) is 13.6. The van der Waals surface area contributed by atoms with Gasteiger partial charge in [-0.25, -0.2) is 0 Å². The van der Waals surface area contributed by atoms with Gasteiger partial charge in [-0.2, -0.15) is 11.8 Å². The Balaban J connectivity index is 2.32. The van der Waals surface area contributed by atoms with Crippen LogP contribution in [-0.2, 0) is 0 Å². The summed E-state index contributed by atoms with van der Waals surface area (Å²) in [5.41, 5.74) is 0.839. The second-order valence-corrected chi connectivity index (χ2v) is 5.01. The number of thiocarbonyl (C=S) groups is 1. The Kier molecular flexibility index (Phi) is 6.61. The highest BCUT2D eigenvalue weighted by Crippen LogP contribution is 2.19. The van der Waals surface area contributed by atoms with E-state index in [-0.39, 0.29) is 0 Å². The first-order valence-electron chi connectivity index (χ1n) is 5.02. The topological polar surface area (TPSA) is 24.1 Å². The van der Waals surface area contributed by atoms with Crippen LogP contribution in [-0.4, -0.2) is 23.7 Å². The van der Waals surface area contributed by atoms with Gasteiger partial charge in [0, 0.05) is 6.54 Å². The van der Waals surface area contributed by atoms with Gasteiger partial charge < -0.3 is 10.6 Å². The normalized spacial score (nSPS) is 9.88. The van der Waals surface area contributed by atoms with E-state index in [9.17, 15) is 0 Å². The molecular formula is C11H15ClN2S2. The molecule has 0 heterocycles. The number of benzene rings is 1. The van der Waals surface area contributed by atoms with E-state index in [1.54, 1.807) is 0 Å². The largest absolute Gasteiger partial charge is 0.362 e. The number of nitrogens with one attached hydrogen (secondary N) is 2. The minimum Gasteiger partial charge on any atom is -0.362 e. The van der Waals surface area contributed by atoms with Gasteiger partial charge in [0.05, 0.1) is 10.7 Å². The minimum absolute atomic E-state index is 0.620. The summed E-state index contributed by atoms with van der Waals surface area (Å²) in [6.07, 6.45) is 3.20. The summed E-state index contributed by atoms with van der Waals surface area (Å²) in [6.45, 7) is 0.886. The van der Waals surface area contributed by atoms with Gasteiger partial charge in [0.2, 0.25) is 0 Å². The van der Waals surface area contributed by atoms with Crippen LogP contribution in [0, 0.1) is 0 Å². The maximum Gasteiger partial charge on any atom is 0.170 e. The highest BCUT2D eigenvalue weighted by Gasteiger charge is 2.00. The van der Waals surface area contributed by atoms with Crippen molar-refractivity contribution in [3.63, 3.8) is 0 Å². The minimum atomic E-state index is 0.620. The van der Waals surface area contributed by atoms with Crippen LogP contribution in [0.4, 0.5) is 5.69 Å². The van der Waals surface area contributed by atoms with Crippen LogP contribution < -0.4 is 10.6 Å². The zero-order valence-electron chi connectivity index (χ0n) is 9.13. The molecule has 2 nitrogen and oxygen atoms in total. The molecule has 0 fully saturated rings. The lowest BCUT2D eigenvalue weighted by atomic mass is 10.3. The standard InChI is InChI=1S/C11H15ClN2S2/c1-16-8-4-7-13-11(15)14-10-6-3-2-5-9(10)12/h2-3,5-6H,4,7-8H2,1H3,(H2,13,14,15). The predicted molar refractivity (Wildman–Crippen MR) is 78.7 cm³/mol. The lowest BCUT2D eigenvalue weighted by Gasteiger charge is -2.11. The summed E-state index contributed by atoms with van der Waals surface area (Å²) in [4.78, 5) is 0. The van der Waals surface area contributed by atoms with Crippen LogP contribution >= 0.6 is 35.6 Å². The number of hydrogen-bond donors (Lipinski definition) is 2. The van der Waals surface area contributed by atoms with Gasteiger partial charge in [0.1, 0.15) is 0 Å². The SMILES string of the molecule is CSCCCNC(=S)Nc1ccccc1Cl. The summed E-state index contributed by atoms with van der Waals surface area (Å²) < 4.78 is 0. The van der Waals surface area contributed by atoms with Crippen molar-refractivity contribution in [1.82, 2.24) is 5.32 Å². The van der Waals surface area contributed by atoms with E-state index >= 15 is 0 Å². The first-order valence-corrected chi connectivity index (χ1v) is 7.20. The van der Waals surface area contributed by atoms with Crippen molar-refractivity contribution in [2.75, 3.05) is 23.9 Å². The Morgan fingerprint density at radius 3 is 2.88 bits per heavy atom. The molecule has 0 aromatic heterocycles. The molecule has 0 saturated heterocycles. The number of halogens is 1. The molecule has 0 spiro atoms. The lowest BCUT2D eigenvalue weighted by Crippen LogP contribution is -2.29. The average Bonchev–Trinajstić information content (AvgIpc) is 2.28. The summed E-state index contributed by atoms with van der Waals surface area (Å²) >= 11 is 13.0. The third-order valence-electron chi connectivity index (χ3n) is 1.93. The molecule has 0 bridgehead atoms. The van der Waals surface area contributed by atoms with Gasteiger partial charge in [-0.1, -0.05) is 23.7 Å². The summed E-state index contributed by atoms with van der Waals surface area (Å²) in [7, 11) is 0. The third kappa shape index (κ3) is 5.05. The second kappa shape index (κ2) is 7.76. The van der Waals surface area contributed by atoms with Crippen molar-refractivity contribution in [1.29, 1.82) is 0 Å². The van der Waals surface area contributed by atoms with Crippen molar-refractivity contribution in [3.05, 3.63) is 29.3 Å². The molecule has 88 valence electrons. The average molecular weight is 275 g/mol. The van der Waals surface area contributed by atoms with Crippen LogP contribution in [0.2, 0.25) is 5.02 Å². The molecule has 0 unspecified atom stereocenters. The number of rotatable bonds is 5. The van der Waals surface area contributed by atoms with Crippen molar-refractivity contribution in [2.24, 2.45) is 0 Å². The Bertz CT molecular complexity index is 345.